The molecule has 2 N–H and O–H groups in total. The van der Waals surface area contributed by atoms with Crippen molar-refractivity contribution >= 4 is 11.0 Å². The van der Waals surface area contributed by atoms with E-state index in [1.54, 1.807) is 6.07 Å². The van der Waals surface area contributed by atoms with E-state index in [9.17, 15) is 4.39 Å². The quantitative estimate of drug-likeness (QED) is 0.866. The summed E-state index contributed by atoms with van der Waals surface area (Å²) in [5.41, 5.74) is 8.06. The zero-order chi connectivity index (χ0) is 13.4. The lowest BCUT2D eigenvalue weighted by Gasteiger charge is -2.26. The molecule has 3 heteroatoms. The largest absolute Gasteiger partial charge is 0.459 e. The molecule has 0 radical (unpaired) electrons. The zero-order valence-electron chi connectivity index (χ0n) is 11.3. The van der Waals surface area contributed by atoms with E-state index in [2.05, 4.69) is 0 Å². The van der Waals surface area contributed by atoms with Crippen molar-refractivity contribution in [2.75, 3.05) is 0 Å². The molecule has 1 atom stereocenters. The number of rotatable bonds is 2. The average Bonchev–Trinajstić information content (AvgIpc) is 2.75. The second-order valence-corrected chi connectivity index (χ2v) is 5.66. The van der Waals surface area contributed by atoms with Gasteiger partial charge in [0.15, 0.2) is 0 Å². The molecule has 19 heavy (non-hydrogen) atoms. The fourth-order valence-corrected chi connectivity index (χ4v) is 3.24. The van der Waals surface area contributed by atoms with Crippen molar-refractivity contribution < 1.29 is 8.81 Å². The molecule has 1 unspecified atom stereocenters. The predicted octanol–water partition coefficient (Wildman–Crippen LogP) is 4.46. The summed E-state index contributed by atoms with van der Waals surface area (Å²) in [6, 6.07) is 4.64. The van der Waals surface area contributed by atoms with Gasteiger partial charge in [0, 0.05) is 11.5 Å². The highest BCUT2D eigenvalue weighted by Crippen LogP contribution is 2.37. The van der Waals surface area contributed by atoms with E-state index < -0.39 is 0 Å². The Labute approximate surface area is 112 Å². The van der Waals surface area contributed by atoms with E-state index in [4.69, 9.17) is 10.2 Å². The Morgan fingerprint density at radius 3 is 2.74 bits per heavy atom. The van der Waals surface area contributed by atoms with Crippen LogP contribution in [0.15, 0.2) is 22.6 Å². The Morgan fingerprint density at radius 1 is 1.26 bits per heavy atom. The van der Waals surface area contributed by atoms with Gasteiger partial charge in [0.25, 0.3) is 0 Å². The van der Waals surface area contributed by atoms with Crippen molar-refractivity contribution in [1.29, 1.82) is 0 Å². The molecule has 2 aromatic rings. The van der Waals surface area contributed by atoms with Crippen LogP contribution in [0.5, 0.6) is 0 Å². The first kappa shape index (κ1) is 12.7. The second kappa shape index (κ2) is 4.97. The summed E-state index contributed by atoms with van der Waals surface area (Å²) < 4.78 is 19.1. The van der Waals surface area contributed by atoms with Crippen molar-refractivity contribution in [3.63, 3.8) is 0 Å². The van der Waals surface area contributed by atoms with Crippen LogP contribution in [-0.4, -0.2) is 0 Å². The van der Waals surface area contributed by atoms with Crippen LogP contribution in [0.1, 0.15) is 49.5 Å². The summed E-state index contributed by atoms with van der Waals surface area (Å²) in [5, 5.41) is 0.975. The van der Waals surface area contributed by atoms with Gasteiger partial charge in [0.05, 0.1) is 6.04 Å². The third kappa shape index (κ3) is 2.27. The van der Waals surface area contributed by atoms with Gasteiger partial charge in [-0.1, -0.05) is 19.3 Å². The van der Waals surface area contributed by atoms with Gasteiger partial charge in [0.2, 0.25) is 0 Å². The van der Waals surface area contributed by atoms with Crippen LogP contribution >= 0.6 is 0 Å². The lowest BCUT2D eigenvalue weighted by atomic mass is 9.82. The number of hydrogen-bond acceptors (Lipinski definition) is 2. The summed E-state index contributed by atoms with van der Waals surface area (Å²) in [5.74, 6) is 1.07. The van der Waals surface area contributed by atoms with Gasteiger partial charge in [-0.3, -0.25) is 0 Å². The summed E-state index contributed by atoms with van der Waals surface area (Å²) in [6.07, 6.45) is 6.17. The van der Waals surface area contributed by atoms with Crippen molar-refractivity contribution in [2.45, 2.75) is 45.1 Å². The summed E-state index contributed by atoms with van der Waals surface area (Å²) in [6.45, 7) is 2.02. The van der Waals surface area contributed by atoms with Crippen molar-refractivity contribution in [3.05, 3.63) is 35.3 Å². The van der Waals surface area contributed by atoms with Gasteiger partial charge in [-0.15, -0.1) is 0 Å². The topological polar surface area (TPSA) is 39.2 Å². The van der Waals surface area contributed by atoms with Crippen LogP contribution in [0, 0.1) is 18.7 Å². The first-order chi connectivity index (χ1) is 9.16. The SMILES string of the molecule is Cc1c(C(N)C2CCCCC2)oc2cc(F)ccc12. The number of hydrogen-bond donors (Lipinski definition) is 1. The van der Waals surface area contributed by atoms with Crippen LogP contribution in [0.2, 0.25) is 0 Å². The fraction of sp³-hybridized carbons (Fsp3) is 0.500. The summed E-state index contributed by atoms with van der Waals surface area (Å²) in [7, 11) is 0. The van der Waals surface area contributed by atoms with Gasteiger partial charge >= 0.3 is 0 Å². The zero-order valence-corrected chi connectivity index (χ0v) is 11.3. The van der Waals surface area contributed by atoms with Crippen LogP contribution < -0.4 is 5.73 Å². The highest BCUT2D eigenvalue weighted by atomic mass is 19.1. The molecule has 3 rings (SSSR count). The Bertz CT molecular complexity index is 584. The van der Waals surface area contributed by atoms with E-state index >= 15 is 0 Å². The van der Waals surface area contributed by atoms with Crippen molar-refractivity contribution in [2.24, 2.45) is 11.7 Å². The number of aryl methyl sites for hydroxylation is 1. The number of benzene rings is 1. The van der Waals surface area contributed by atoms with Gasteiger partial charge in [-0.25, -0.2) is 4.39 Å². The van der Waals surface area contributed by atoms with E-state index in [-0.39, 0.29) is 11.9 Å². The predicted molar refractivity (Wildman–Crippen MR) is 74.4 cm³/mol. The minimum Gasteiger partial charge on any atom is -0.459 e. The fourth-order valence-electron chi connectivity index (χ4n) is 3.24. The lowest BCUT2D eigenvalue weighted by Crippen LogP contribution is -2.23. The second-order valence-electron chi connectivity index (χ2n) is 5.66. The standard InChI is InChI=1S/C16H20FNO/c1-10-13-8-7-12(17)9-14(13)19-16(10)15(18)11-5-3-2-4-6-11/h7-9,11,15H,2-6,18H2,1H3. The molecule has 1 aliphatic rings. The molecular weight excluding hydrogens is 241 g/mol. The molecule has 1 aromatic carbocycles. The van der Waals surface area contributed by atoms with E-state index in [1.165, 1.54) is 44.2 Å². The lowest BCUT2D eigenvalue weighted by molar-refractivity contribution is 0.283. The highest BCUT2D eigenvalue weighted by Gasteiger charge is 2.26. The van der Waals surface area contributed by atoms with Gasteiger partial charge < -0.3 is 10.2 Å². The molecular formula is C16H20FNO. The third-order valence-corrected chi connectivity index (χ3v) is 4.40. The van der Waals surface area contributed by atoms with Gasteiger partial charge in [-0.2, -0.15) is 0 Å². The molecule has 2 nitrogen and oxygen atoms in total. The molecule has 1 aromatic heterocycles. The molecule has 1 saturated carbocycles. The molecule has 0 amide bonds. The van der Waals surface area contributed by atoms with Gasteiger partial charge in [0.1, 0.15) is 17.2 Å². The molecule has 0 spiro atoms. The van der Waals surface area contributed by atoms with Crippen LogP contribution in [0.3, 0.4) is 0 Å². The maximum Gasteiger partial charge on any atom is 0.137 e. The Balaban J connectivity index is 1.97. The molecule has 0 aliphatic heterocycles. The van der Waals surface area contributed by atoms with E-state index in [0.29, 0.717) is 11.5 Å². The van der Waals surface area contributed by atoms with Crippen molar-refractivity contribution in [1.82, 2.24) is 0 Å². The van der Waals surface area contributed by atoms with Crippen molar-refractivity contribution in [3.8, 4) is 0 Å². The normalized spacial score (nSPS) is 18.9. The average molecular weight is 261 g/mol. The Kier molecular flexibility index (Phi) is 3.31. The Hall–Kier alpha value is -1.35. The smallest absolute Gasteiger partial charge is 0.137 e. The molecule has 102 valence electrons. The van der Waals surface area contributed by atoms with Crippen LogP contribution in [0.25, 0.3) is 11.0 Å². The maximum absolute atomic E-state index is 13.2. The van der Waals surface area contributed by atoms with Crippen LogP contribution in [0.4, 0.5) is 4.39 Å². The minimum absolute atomic E-state index is 0.0595. The molecule has 1 aliphatic carbocycles. The minimum atomic E-state index is -0.265. The third-order valence-electron chi connectivity index (χ3n) is 4.40. The summed E-state index contributed by atoms with van der Waals surface area (Å²) in [4.78, 5) is 0. The number of furan rings is 1. The number of halogens is 1. The van der Waals surface area contributed by atoms with E-state index in [0.717, 1.165) is 16.7 Å². The van der Waals surface area contributed by atoms with E-state index in [1.807, 2.05) is 6.92 Å². The van der Waals surface area contributed by atoms with Crippen LogP contribution in [-0.2, 0) is 0 Å². The number of fused-ring (bicyclic) bond motifs is 1. The first-order valence-corrected chi connectivity index (χ1v) is 7.11. The van der Waals surface area contributed by atoms with Gasteiger partial charge in [-0.05, 0) is 43.4 Å². The molecule has 1 fully saturated rings. The highest BCUT2D eigenvalue weighted by molar-refractivity contribution is 5.82. The molecule has 0 bridgehead atoms. The number of nitrogens with two attached hydrogens (primary N) is 1. The Morgan fingerprint density at radius 2 is 2.00 bits per heavy atom. The maximum atomic E-state index is 13.2. The first-order valence-electron chi connectivity index (χ1n) is 7.11. The molecule has 1 heterocycles. The summed E-state index contributed by atoms with van der Waals surface area (Å²) >= 11 is 0. The molecule has 0 saturated heterocycles. The monoisotopic (exact) mass is 261 g/mol.